The first-order valence-corrected chi connectivity index (χ1v) is 6.63. The third-order valence-corrected chi connectivity index (χ3v) is 3.88. The van der Waals surface area contributed by atoms with Gasteiger partial charge in [-0.1, -0.05) is 25.4 Å². The van der Waals surface area contributed by atoms with Gasteiger partial charge in [-0.2, -0.15) is 0 Å². The summed E-state index contributed by atoms with van der Waals surface area (Å²) in [5.74, 6) is 3.10. The van der Waals surface area contributed by atoms with Crippen LogP contribution in [0, 0.1) is 18.8 Å². The van der Waals surface area contributed by atoms with Gasteiger partial charge >= 0.3 is 0 Å². The molecule has 2 rings (SSSR count). The molecule has 94 valence electrons. The highest BCUT2D eigenvalue weighted by molar-refractivity contribution is 6.29. The van der Waals surface area contributed by atoms with Gasteiger partial charge in [0, 0.05) is 18.7 Å². The Morgan fingerprint density at radius 1 is 1.29 bits per heavy atom. The number of hydrogen-bond donors (Lipinski definition) is 0. The molecule has 1 aliphatic heterocycles. The quantitative estimate of drug-likeness (QED) is 0.719. The van der Waals surface area contributed by atoms with E-state index in [1.54, 1.807) is 0 Å². The molecule has 1 saturated heterocycles. The van der Waals surface area contributed by atoms with Gasteiger partial charge in [0.2, 0.25) is 0 Å². The highest BCUT2D eigenvalue weighted by Gasteiger charge is 2.29. The molecule has 0 amide bonds. The molecular formula is C13H20ClN3. The molecule has 1 fully saturated rings. The van der Waals surface area contributed by atoms with Crippen molar-refractivity contribution in [2.45, 2.75) is 40.2 Å². The fourth-order valence-electron chi connectivity index (χ4n) is 2.68. The van der Waals surface area contributed by atoms with Crippen LogP contribution in [0.3, 0.4) is 0 Å². The molecule has 0 aromatic carbocycles. The van der Waals surface area contributed by atoms with E-state index in [0.717, 1.165) is 18.2 Å². The minimum atomic E-state index is 0.511. The molecule has 17 heavy (non-hydrogen) atoms. The molecule has 1 aliphatic rings. The number of rotatable bonds is 1. The van der Waals surface area contributed by atoms with Gasteiger partial charge in [-0.25, -0.2) is 9.97 Å². The smallest absolute Gasteiger partial charge is 0.134 e. The highest BCUT2D eigenvalue weighted by Crippen LogP contribution is 2.30. The van der Waals surface area contributed by atoms with Crippen molar-refractivity contribution in [3.05, 3.63) is 17.0 Å². The maximum atomic E-state index is 6.01. The van der Waals surface area contributed by atoms with E-state index in [-0.39, 0.29) is 0 Å². The van der Waals surface area contributed by atoms with Gasteiger partial charge in [-0.3, -0.25) is 0 Å². The van der Waals surface area contributed by atoms with Gasteiger partial charge in [0.15, 0.2) is 0 Å². The Kier molecular flexibility index (Phi) is 3.57. The number of aryl methyl sites for hydroxylation is 1. The van der Waals surface area contributed by atoms with Crippen LogP contribution < -0.4 is 4.90 Å². The Labute approximate surface area is 108 Å². The van der Waals surface area contributed by atoms with Crippen molar-refractivity contribution in [2.24, 2.45) is 11.8 Å². The van der Waals surface area contributed by atoms with E-state index in [1.807, 2.05) is 13.0 Å². The van der Waals surface area contributed by atoms with E-state index in [1.165, 1.54) is 6.42 Å². The van der Waals surface area contributed by atoms with Crippen molar-refractivity contribution < 1.29 is 0 Å². The molecule has 0 bridgehead atoms. The minimum absolute atomic E-state index is 0.511. The first-order valence-electron chi connectivity index (χ1n) is 6.25. The Morgan fingerprint density at radius 2 is 2.00 bits per heavy atom. The molecule has 0 saturated carbocycles. The van der Waals surface area contributed by atoms with Crippen LogP contribution in [0.2, 0.25) is 5.15 Å². The van der Waals surface area contributed by atoms with Crippen LogP contribution in [0.15, 0.2) is 6.07 Å². The van der Waals surface area contributed by atoms with Gasteiger partial charge in [-0.15, -0.1) is 0 Å². The molecule has 3 nitrogen and oxygen atoms in total. The number of halogens is 1. The van der Waals surface area contributed by atoms with Crippen LogP contribution in [0.1, 0.15) is 33.0 Å². The van der Waals surface area contributed by atoms with Crippen LogP contribution >= 0.6 is 11.6 Å². The Balaban J connectivity index is 2.30. The summed E-state index contributed by atoms with van der Waals surface area (Å²) in [4.78, 5) is 11.0. The fraction of sp³-hybridized carbons (Fsp3) is 0.692. The van der Waals surface area contributed by atoms with Crippen molar-refractivity contribution >= 4 is 17.4 Å². The third-order valence-electron chi connectivity index (χ3n) is 3.69. The molecule has 2 heterocycles. The Bertz CT molecular complexity index is 387. The zero-order valence-corrected chi connectivity index (χ0v) is 11.7. The maximum absolute atomic E-state index is 6.01. The second-order valence-electron chi connectivity index (χ2n) is 5.31. The van der Waals surface area contributed by atoms with Crippen LogP contribution in [-0.2, 0) is 0 Å². The second-order valence-corrected chi connectivity index (χ2v) is 5.69. The lowest BCUT2D eigenvalue weighted by Gasteiger charge is -2.41. The molecule has 1 aromatic rings. The number of aromatic nitrogens is 2. The molecule has 3 atom stereocenters. The summed E-state index contributed by atoms with van der Waals surface area (Å²) in [6.45, 7) is 9.81. The standard InChI is InChI=1S/C13H20ClN3/c1-8-5-9(2)10(3)17(7-8)13-6-12(14)15-11(4)16-13/h6,8-10H,5,7H2,1-4H3. The predicted molar refractivity (Wildman–Crippen MR) is 71.5 cm³/mol. The Hall–Kier alpha value is -0.830. The third kappa shape index (κ3) is 2.71. The van der Waals surface area contributed by atoms with Crippen molar-refractivity contribution in [2.75, 3.05) is 11.4 Å². The monoisotopic (exact) mass is 253 g/mol. The number of anilines is 1. The molecule has 0 spiro atoms. The van der Waals surface area contributed by atoms with Gasteiger partial charge < -0.3 is 4.90 Å². The summed E-state index contributed by atoms with van der Waals surface area (Å²) in [5, 5.41) is 0.533. The molecule has 0 radical (unpaired) electrons. The topological polar surface area (TPSA) is 29.0 Å². The average Bonchev–Trinajstić information content (AvgIpc) is 2.22. The lowest BCUT2D eigenvalue weighted by atomic mass is 9.86. The summed E-state index contributed by atoms with van der Waals surface area (Å²) in [5.41, 5.74) is 0. The largest absolute Gasteiger partial charge is 0.353 e. The average molecular weight is 254 g/mol. The molecule has 1 aromatic heterocycles. The molecule has 4 heteroatoms. The van der Waals surface area contributed by atoms with Crippen LogP contribution in [-0.4, -0.2) is 22.6 Å². The van der Waals surface area contributed by atoms with E-state index in [2.05, 4.69) is 35.6 Å². The summed E-state index contributed by atoms with van der Waals surface area (Å²) in [6.07, 6.45) is 1.29. The molecule has 0 N–H and O–H groups in total. The van der Waals surface area contributed by atoms with E-state index < -0.39 is 0 Å². The minimum Gasteiger partial charge on any atom is -0.353 e. The van der Waals surface area contributed by atoms with Crippen molar-refractivity contribution in [1.82, 2.24) is 9.97 Å². The van der Waals surface area contributed by atoms with E-state index in [9.17, 15) is 0 Å². The summed E-state index contributed by atoms with van der Waals surface area (Å²) < 4.78 is 0. The van der Waals surface area contributed by atoms with E-state index in [4.69, 9.17) is 11.6 Å². The summed E-state index contributed by atoms with van der Waals surface area (Å²) in [6, 6.07) is 2.38. The van der Waals surface area contributed by atoms with Crippen LogP contribution in [0.25, 0.3) is 0 Å². The SMILES string of the molecule is Cc1nc(Cl)cc(N2CC(C)CC(C)C2C)n1. The van der Waals surface area contributed by atoms with Crippen molar-refractivity contribution in [3.63, 3.8) is 0 Å². The zero-order valence-electron chi connectivity index (χ0n) is 10.9. The molecule has 3 unspecified atom stereocenters. The van der Waals surface area contributed by atoms with Crippen molar-refractivity contribution in [3.8, 4) is 0 Å². The molecular weight excluding hydrogens is 234 g/mol. The number of hydrogen-bond acceptors (Lipinski definition) is 3. The normalized spacial score (nSPS) is 29.5. The Morgan fingerprint density at radius 3 is 2.65 bits per heavy atom. The van der Waals surface area contributed by atoms with Gasteiger partial charge in [-0.05, 0) is 32.1 Å². The number of piperidine rings is 1. The van der Waals surface area contributed by atoms with Crippen LogP contribution in [0.5, 0.6) is 0 Å². The highest BCUT2D eigenvalue weighted by atomic mass is 35.5. The fourth-order valence-corrected chi connectivity index (χ4v) is 2.90. The number of nitrogens with zero attached hydrogens (tertiary/aromatic N) is 3. The van der Waals surface area contributed by atoms with Gasteiger partial charge in [0.05, 0.1) is 0 Å². The lowest BCUT2D eigenvalue weighted by Crippen LogP contribution is -2.46. The summed E-state index contributed by atoms with van der Waals surface area (Å²) >= 11 is 6.01. The summed E-state index contributed by atoms with van der Waals surface area (Å²) in [7, 11) is 0. The van der Waals surface area contributed by atoms with E-state index in [0.29, 0.717) is 23.0 Å². The lowest BCUT2D eigenvalue weighted by molar-refractivity contribution is 0.295. The van der Waals surface area contributed by atoms with Crippen LogP contribution in [0.4, 0.5) is 5.82 Å². The second kappa shape index (κ2) is 4.81. The maximum Gasteiger partial charge on any atom is 0.134 e. The van der Waals surface area contributed by atoms with Crippen molar-refractivity contribution in [1.29, 1.82) is 0 Å². The first-order chi connectivity index (χ1) is 7.97. The van der Waals surface area contributed by atoms with Gasteiger partial charge in [0.1, 0.15) is 16.8 Å². The zero-order chi connectivity index (χ0) is 12.6. The van der Waals surface area contributed by atoms with E-state index >= 15 is 0 Å². The molecule has 0 aliphatic carbocycles. The van der Waals surface area contributed by atoms with Gasteiger partial charge in [0.25, 0.3) is 0 Å². The first kappa shape index (κ1) is 12.6. The predicted octanol–water partition coefficient (Wildman–Crippen LogP) is 3.31.